The molecule has 1 aromatic carbocycles. The van der Waals surface area contributed by atoms with Crippen LogP contribution in [-0.4, -0.2) is 139 Å². The van der Waals surface area contributed by atoms with Gasteiger partial charge < -0.3 is 46.6 Å². The minimum atomic E-state index is -0.178. The van der Waals surface area contributed by atoms with Crippen LogP contribution in [0.4, 0.5) is 0 Å². The SMILES string of the molecule is CCNCCNCCN1CCNCCNCCNCCN(CCCC(=O)OCc2ccc(O)cc2)CCNCC1. The molecule has 0 bridgehead atoms. The van der Waals surface area contributed by atoms with Crippen LogP contribution < -0.4 is 31.9 Å². The molecule has 11 heteroatoms. The monoisotopic (exact) mass is 564 g/mol. The summed E-state index contributed by atoms with van der Waals surface area (Å²) in [5.74, 6) is 0.0325. The minimum absolute atomic E-state index is 0.178. The summed E-state index contributed by atoms with van der Waals surface area (Å²) in [4.78, 5) is 17.2. The van der Waals surface area contributed by atoms with Gasteiger partial charge in [0.25, 0.3) is 0 Å². The van der Waals surface area contributed by atoms with Crippen molar-refractivity contribution in [2.45, 2.75) is 26.4 Å². The molecule has 1 heterocycles. The Morgan fingerprint density at radius 2 is 1.30 bits per heavy atom. The number of carbonyl (C=O) groups is 1. The molecule has 230 valence electrons. The Kier molecular flexibility index (Phi) is 20.5. The third-order valence-electron chi connectivity index (χ3n) is 6.90. The zero-order valence-electron chi connectivity index (χ0n) is 24.8. The van der Waals surface area contributed by atoms with Gasteiger partial charge in [0.05, 0.1) is 0 Å². The van der Waals surface area contributed by atoms with E-state index < -0.39 is 0 Å². The third kappa shape index (κ3) is 18.5. The maximum atomic E-state index is 12.2. The van der Waals surface area contributed by atoms with Crippen molar-refractivity contribution in [2.75, 3.05) is 118 Å². The number of aromatic hydroxyl groups is 1. The zero-order valence-corrected chi connectivity index (χ0v) is 24.8. The first-order chi connectivity index (χ1) is 19.7. The number of nitrogens with zero attached hydrogens (tertiary/aromatic N) is 2. The largest absolute Gasteiger partial charge is 0.508 e. The molecule has 1 aromatic rings. The fourth-order valence-electron chi connectivity index (χ4n) is 4.46. The summed E-state index contributed by atoms with van der Waals surface area (Å²) in [6.07, 6.45) is 1.18. The van der Waals surface area contributed by atoms with Gasteiger partial charge in [0.2, 0.25) is 0 Å². The second-order valence-corrected chi connectivity index (χ2v) is 10.2. The molecule has 1 aliphatic rings. The Morgan fingerprint density at radius 1 is 0.775 bits per heavy atom. The predicted octanol–water partition coefficient (Wildman–Crippen LogP) is -0.609. The smallest absolute Gasteiger partial charge is 0.306 e. The molecule has 1 saturated heterocycles. The fraction of sp³-hybridized carbons (Fsp3) is 0.759. The van der Waals surface area contributed by atoms with Gasteiger partial charge in [-0.25, -0.2) is 0 Å². The summed E-state index contributed by atoms with van der Waals surface area (Å²) in [7, 11) is 0. The van der Waals surface area contributed by atoms with Crippen LogP contribution in [0.15, 0.2) is 24.3 Å². The molecule has 40 heavy (non-hydrogen) atoms. The number of rotatable bonds is 13. The van der Waals surface area contributed by atoms with Crippen LogP contribution >= 0.6 is 0 Å². The van der Waals surface area contributed by atoms with Crippen LogP contribution in [0.5, 0.6) is 5.75 Å². The van der Waals surface area contributed by atoms with Crippen LogP contribution in [0.1, 0.15) is 25.3 Å². The van der Waals surface area contributed by atoms with Gasteiger partial charge in [-0.15, -0.1) is 0 Å². The number of phenolic OH excluding ortho intramolecular Hbond substituents is 1. The first-order valence-electron chi connectivity index (χ1n) is 15.3. The number of carbonyl (C=O) groups excluding carboxylic acids is 1. The van der Waals surface area contributed by atoms with Crippen molar-refractivity contribution in [2.24, 2.45) is 0 Å². The lowest BCUT2D eigenvalue weighted by Gasteiger charge is -2.25. The summed E-state index contributed by atoms with van der Waals surface area (Å²) < 4.78 is 5.41. The highest BCUT2D eigenvalue weighted by molar-refractivity contribution is 5.69. The van der Waals surface area contributed by atoms with Crippen molar-refractivity contribution in [3.05, 3.63) is 29.8 Å². The number of benzene rings is 1. The number of hydrogen-bond acceptors (Lipinski definition) is 11. The Labute approximate surface area is 242 Å². The van der Waals surface area contributed by atoms with Crippen LogP contribution in [0, 0.1) is 0 Å². The van der Waals surface area contributed by atoms with Crippen LogP contribution in [-0.2, 0) is 16.1 Å². The molecular formula is C29H56N8O3. The topological polar surface area (TPSA) is 125 Å². The molecule has 0 aliphatic carbocycles. The number of hydrogen-bond donors (Lipinski definition) is 7. The van der Waals surface area contributed by atoms with Crippen LogP contribution in [0.2, 0.25) is 0 Å². The first-order valence-corrected chi connectivity index (χ1v) is 15.3. The highest BCUT2D eigenvalue weighted by Crippen LogP contribution is 2.11. The Morgan fingerprint density at radius 3 is 1.90 bits per heavy atom. The quantitative estimate of drug-likeness (QED) is 0.123. The highest BCUT2D eigenvalue weighted by Gasteiger charge is 2.09. The van der Waals surface area contributed by atoms with Gasteiger partial charge in [0, 0.05) is 111 Å². The van der Waals surface area contributed by atoms with E-state index >= 15 is 0 Å². The molecule has 0 unspecified atom stereocenters. The summed E-state index contributed by atoms with van der Waals surface area (Å²) in [6, 6.07) is 6.75. The predicted molar refractivity (Wildman–Crippen MR) is 163 cm³/mol. The maximum Gasteiger partial charge on any atom is 0.306 e. The van der Waals surface area contributed by atoms with Gasteiger partial charge >= 0.3 is 5.97 Å². The molecule has 11 nitrogen and oxygen atoms in total. The lowest BCUT2D eigenvalue weighted by atomic mass is 10.2. The van der Waals surface area contributed by atoms with Crippen LogP contribution in [0.25, 0.3) is 0 Å². The summed E-state index contributed by atoms with van der Waals surface area (Å²) in [6.45, 7) is 20.0. The van der Waals surface area contributed by atoms with Crippen molar-refractivity contribution in [3.8, 4) is 5.75 Å². The van der Waals surface area contributed by atoms with Crippen molar-refractivity contribution in [3.63, 3.8) is 0 Å². The second-order valence-electron chi connectivity index (χ2n) is 10.2. The van der Waals surface area contributed by atoms with Crippen molar-refractivity contribution < 1.29 is 14.6 Å². The molecule has 0 atom stereocenters. The second kappa shape index (κ2) is 23.8. The van der Waals surface area contributed by atoms with E-state index in [-0.39, 0.29) is 18.3 Å². The Hall–Kier alpha value is -1.83. The van der Waals surface area contributed by atoms with E-state index in [1.807, 2.05) is 0 Å². The number of phenols is 1. The third-order valence-corrected chi connectivity index (χ3v) is 6.90. The van der Waals surface area contributed by atoms with E-state index in [2.05, 4.69) is 48.6 Å². The number of nitrogens with one attached hydrogen (secondary N) is 6. The molecule has 0 aromatic heterocycles. The molecule has 7 N–H and O–H groups in total. The van der Waals surface area contributed by atoms with E-state index in [1.54, 1.807) is 24.3 Å². The number of likely N-dealkylation sites (N-methyl/N-ethyl adjacent to an activating group) is 1. The standard InChI is InChI=1S/C29H56N8O3/c1-2-30-9-10-32-16-23-37-24-17-34-14-12-31-11-13-33-15-21-36(22-18-35-19-25-37)20-3-4-29(39)40-26-27-5-7-28(38)8-6-27/h5-8,30-35,38H,2-4,9-26H2,1H3. The lowest BCUT2D eigenvalue weighted by Crippen LogP contribution is -2.44. The van der Waals surface area contributed by atoms with Gasteiger partial charge in [-0.05, 0) is 37.2 Å². The minimum Gasteiger partial charge on any atom is -0.508 e. The first kappa shape index (κ1) is 34.4. The average molecular weight is 565 g/mol. The highest BCUT2D eigenvalue weighted by atomic mass is 16.5. The van der Waals surface area contributed by atoms with Gasteiger partial charge in [0.1, 0.15) is 12.4 Å². The Bertz CT molecular complexity index is 740. The van der Waals surface area contributed by atoms with Gasteiger partial charge in [-0.1, -0.05) is 19.1 Å². The molecule has 1 fully saturated rings. The Balaban J connectivity index is 1.71. The molecule has 2 rings (SSSR count). The lowest BCUT2D eigenvalue weighted by molar-refractivity contribution is -0.145. The normalized spacial score (nSPS) is 18.1. The molecule has 0 radical (unpaired) electrons. The van der Waals surface area contributed by atoms with Crippen molar-refractivity contribution in [1.29, 1.82) is 0 Å². The van der Waals surface area contributed by atoms with Crippen molar-refractivity contribution >= 4 is 5.97 Å². The molecule has 0 amide bonds. The van der Waals surface area contributed by atoms with Gasteiger partial charge in [-0.2, -0.15) is 0 Å². The summed E-state index contributed by atoms with van der Waals surface area (Å²) in [5, 5.41) is 30.5. The summed E-state index contributed by atoms with van der Waals surface area (Å²) >= 11 is 0. The maximum absolute atomic E-state index is 12.2. The molecule has 1 aliphatic heterocycles. The molecule has 0 spiro atoms. The van der Waals surface area contributed by atoms with E-state index in [0.29, 0.717) is 6.42 Å². The summed E-state index contributed by atoms with van der Waals surface area (Å²) in [5.41, 5.74) is 0.876. The van der Waals surface area contributed by atoms with E-state index in [4.69, 9.17) is 4.74 Å². The van der Waals surface area contributed by atoms with Gasteiger partial charge in [-0.3, -0.25) is 9.69 Å². The molecular weight excluding hydrogens is 508 g/mol. The average Bonchev–Trinajstić information content (AvgIpc) is 2.95. The zero-order chi connectivity index (χ0) is 28.5. The van der Waals surface area contributed by atoms with E-state index in [9.17, 15) is 9.90 Å². The van der Waals surface area contributed by atoms with E-state index in [1.165, 1.54) is 0 Å². The van der Waals surface area contributed by atoms with Crippen molar-refractivity contribution in [1.82, 2.24) is 41.7 Å². The number of ether oxygens (including phenoxy) is 1. The van der Waals surface area contributed by atoms with Crippen LogP contribution in [0.3, 0.4) is 0 Å². The van der Waals surface area contributed by atoms with Gasteiger partial charge in [0.15, 0.2) is 0 Å². The number of esters is 1. The van der Waals surface area contributed by atoms with E-state index in [0.717, 1.165) is 130 Å². The fourth-order valence-corrected chi connectivity index (χ4v) is 4.46. The molecule has 0 saturated carbocycles.